The van der Waals surface area contributed by atoms with Crippen LogP contribution in [0.15, 0.2) is 36.4 Å². The average Bonchev–Trinajstić information content (AvgIpc) is 2.74. The number of rotatable bonds is 4. The van der Waals surface area contributed by atoms with Gasteiger partial charge in [0.25, 0.3) is 5.91 Å². The van der Waals surface area contributed by atoms with E-state index in [9.17, 15) is 18.4 Å². The number of urea groups is 1. The van der Waals surface area contributed by atoms with Crippen LogP contribution in [0.4, 0.5) is 25.1 Å². The zero-order chi connectivity index (χ0) is 23.9. The number of benzene rings is 2. The number of fused-ring (bicyclic) bond motifs is 1. The molecule has 2 heterocycles. The van der Waals surface area contributed by atoms with Crippen molar-refractivity contribution in [1.82, 2.24) is 20.6 Å². The van der Waals surface area contributed by atoms with Crippen molar-refractivity contribution in [2.45, 2.75) is 40.3 Å². The van der Waals surface area contributed by atoms with Gasteiger partial charge in [0.1, 0.15) is 23.1 Å². The number of halogens is 2. The molecule has 33 heavy (non-hydrogen) atoms. The summed E-state index contributed by atoms with van der Waals surface area (Å²) in [6.07, 6.45) is 0. The normalized spacial score (nSPS) is 13.1. The smallest absolute Gasteiger partial charge is 0.328 e. The van der Waals surface area contributed by atoms with Crippen molar-refractivity contribution < 1.29 is 18.4 Å². The fourth-order valence-electron chi connectivity index (χ4n) is 3.76. The second kappa shape index (κ2) is 8.57. The van der Waals surface area contributed by atoms with Crippen LogP contribution in [0.5, 0.6) is 0 Å². The highest BCUT2D eigenvalue weighted by atomic mass is 19.1. The molecule has 1 aliphatic heterocycles. The molecule has 1 aliphatic rings. The molecule has 7 nitrogen and oxygen atoms in total. The molecular weight excluding hydrogens is 428 g/mol. The van der Waals surface area contributed by atoms with Crippen molar-refractivity contribution in [3.63, 3.8) is 0 Å². The van der Waals surface area contributed by atoms with E-state index in [-0.39, 0.29) is 24.3 Å². The minimum Gasteiger partial charge on any atom is -0.350 e. The Morgan fingerprint density at radius 2 is 1.82 bits per heavy atom. The summed E-state index contributed by atoms with van der Waals surface area (Å²) in [5.74, 6) is -1.59. The molecule has 3 aromatic rings. The average molecular weight is 451 g/mol. The largest absolute Gasteiger partial charge is 0.350 e. The van der Waals surface area contributed by atoms with Crippen LogP contribution in [0.1, 0.15) is 41.2 Å². The Morgan fingerprint density at radius 3 is 2.48 bits per heavy atom. The zero-order valence-corrected chi connectivity index (χ0v) is 18.7. The van der Waals surface area contributed by atoms with Crippen LogP contribution < -0.4 is 15.5 Å². The number of nitrogens with one attached hydrogen (secondary N) is 2. The van der Waals surface area contributed by atoms with Crippen LogP contribution in [0, 0.1) is 25.5 Å². The number of aryl methyl sites for hydroxylation is 2. The Balaban J connectivity index is 1.91. The monoisotopic (exact) mass is 451 g/mol. The second-order valence-electron chi connectivity index (χ2n) is 8.14. The number of para-hydroxylation sites is 1. The Hall–Kier alpha value is -3.88. The first-order valence-corrected chi connectivity index (χ1v) is 10.5. The molecule has 2 aromatic carbocycles. The van der Waals surface area contributed by atoms with Gasteiger partial charge >= 0.3 is 6.03 Å². The highest BCUT2D eigenvalue weighted by molar-refractivity contribution is 6.02. The van der Waals surface area contributed by atoms with Gasteiger partial charge in [-0.3, -0.25) is 4.79 Å². The van der Waals surface area contributed by atoms with Gasteiger partial charge in [0.15, 0.2) is 5.82 Å². The van der Waals surface area contributed by atoms with Gasteiger partial charge in [-0.2, -0.15) is 0 Å². The molecule has 2 N–H and O–H groups in total. The number of hydrogen-bond donors (Lipinski definition) is 2. The molecule has 0 aliphatic carbocycles. The molecule has 3 amide bonds. The van der Waals surface area contributed by atoms with E-state index in [2.05, 4.69) is 20.6 Å². The van der Waals surface area contributed by atoms with Gasteiger partial charge in [-0.05, 0) is 57.5 Å². The molecule has 1 aromatic heterocycles. The fraction of sp³-hybridized carbons (Fsp3) is 0.250. The first-order chi connectivity index (χ1) is 15.7. The van der Waals surface area contributed by atoms with E-state index in [1.54, 1.807) is 19.1 Å². The highest BCUT2D eigenvalue weighted by Gasteiger charge is 2.33. The molecular formula is C24H23F2N5O2. The number of anilines is 2. The molecule has 0 radical (unpaired) electrons. The van der Waals surface area contributed by atoms with Crippen LogP contribution in [-0.2, 0) is 6.54 Å². The van der Waals surface area contributed by atoms with Gasteiger partial charge in [-0.15, -0.1) is 0 Å². The standard InChI is InChI=1S/C24H23F2N5O2/c1-12(2)28-23(32)15-9-8-13(3)16(10-15)20-17-11-27-24(33)31(22(17)30-14(4)29-20)21-18(25)6-5-7-19(21)26/h5-10,12H,11H2,1-4H3,(H,27,33)(H,28,32). The van der Waals surface area contributed by atoms with E-state index in [0.717, 1.165) is 22.6 Å². The molecule has 0 atom stereocenters. The zero-order valence-electron chi connectivity index (χ0n) is 18.7. The number of aromatic nitrogens is 2. The highest BCUT2D eigenvalue weighted by Crippen LogP contribution is 2.38. The Bertz CT molecular complexity index is 1260. The minimum absolute atomic E-state index is 0.0317. The molecule has 0 saturated heterocycles. The number of nitrogens with zero attached hydrogens (tertiary/aromatic N) is 3. The van der Waals surface area contributed by atoms with Crippen molar-refractivity contribution in [3.8, 4) is 11.3 Å². The molecule has 0 spiro atoms. The number of carbonyl (C=O) groups is 2. The maximum absolute atomic E-state index is 14.6. The number of carbonyl (C=O) groups excluding carboxylic acids is 2. The SMILES string of the molecule is Cc1nc(-c2cc(C(=O)NC(C)C)ccc2C)c2c(n1)N(c1c(F)cccc1F)C(=O)NC2. The predicted molar refractivity (Wildman–Crippen MR) is 120 cm³/mol. The summed E-state index contributed by atoms with van der Waals surface area (Å²) in [7, 11) is 0. The van der Waals surface area contributed by atoms with Crippen LogP contribution in [0.25, 0.3) is 11.3 Å². The van der Waals surface area contributed by atoms with Gasteiger partial charge < -0.3 is 10.6 Å². The maximum Gasteiger partial charge on any atom is 0.328 e. The van der Waals surface area contributed by atoms with Crippen LogP contribution in [0.2, 0.25) is 0 Å². The first-order valence-electron chi connectivity index (χ1n) is 10.5. The van der Waals surface area contributed by atoms with Gasteiger partial charge in [0, 0.05) is 22.7 Å². The molecule has 0 unspecified atom stereocenters. The Labute approximate surface area is 189 Å². The number of amides is 3. The van der Waals surface area contributed by atoms with E-state index in [1.165, 1.54) is 6.07 Å². The lowest BCUT2D eigenvalue weighted by atomic mass is 9.97. The summed E-state index contributed by atoms with van der Waals surface area (Å²) >= 11 is 0. The van der Waals surface area contributed by atoms with Crippen molar-refractivity contribution in [1.29, 1.82) is 0 Å². The molecule has 0 saturated carbocycles. The van der Waals surface area contributed by atoms with E-state index >= 15 is 0 Å². The van der Waals surface area contributed by atoms with Crippen LogP contribution in [-0.4, -0.2) is 27.9 Å². The van der Waals surface area contributed by atoms with Crippen LogP contribution >= 0.6 is 0 Å². The molecule has 0 fully saturated rings. The van der Waals surface area contributed by atoms with Crippen molar-refractivity contribution in [2.24, 2.45) is 0 Å². The fourth-order valence-corrected chi connectivity index (χ4v) is 3.76. The summed E-state index contributed by atoms with van der Waals surface area (Å²) in [6.45, 7) is 7.32. The van der Waals surface area contributed by atoms with Gasteiger partial charge in [-0.25, -0.2) is 28.4 Å². The summed E-state index contributed by atoms with van der Waals surface area (Å²) in [4.78, 5) is 35.1. The van der Waals surface area contributed by atoms with Gasteiger partial charge in [-0.1, -0.05) is 12.1 Å². The lowest BCUT2D eigenvalue weighted by molar-refractivity contribution is 0.0943. The van der Waals surface area contributed by atoms with E-state index in [0.29, 0.717) is 28.2 Å². The van der Waals surface area contributed by atoms with E-state index in [4.69, 9.17) is 0 Å². The molecule has 0 bridgehead atoms. The molecule has 9 heteroatoms. The third kappa shape index (κ3) is 4.13. The quantitative estimate of drug-likeness (QED) is 0.610. The summed E-state index contributed by atoms with van der Waals surface area (Å²) in [5, 5.41) is 5.51. The minimum atomic E-state index is -0.889. The number of hydrogen-bond acceptors (Lipinski definition) is 4. The summed E-state index contributed by atoms with van der Waals surface area (Å²) < 4.78 is 29.2. The van der Waals surface area contributed by atoms with Crippen molar-refractivity contribution in [2.75, 3.05) is 4.90 Å². The Morgan fingerprint density at radius 1 is 1.12 bits per heavy atom. The van der Waals surface area contributed by atoms with Crippen molar-refractivity contribution >= 4 is 23.4 Å². The maximum atomic E-state index is 14.6. The third-order valence-electron chi connectivity index (χ3n) is 5.26. The summed E-state index contributed by atoms with van der Waals surface area (Å²) in [6, 6.07) is 7.91. The molecule has 4 rings (SSSR count). The van der Waals surface area contributed by atoms with Gasteiger partial charge in [0.05, 0.1) is 12.2 Å². The van der Waals surface area contributed by atoms with Gasteiger partial charge in [0.2, 0.25) is 0 Å². The topological polar surface area (TPSA) is 87.2 Å². The lowest BCUT2D eigenvalue weighted by Gasteiger charge is -2.30. The lowest BCUT2D eigenvalue weighted by Crippen LogP contribution is -2.43. The third-order valence-corrected chi connectivity index (χ3v) is 5.26. The second-order valence-corrected chi connectivity index (χ2v) is 8.14. The van der Waals surface area contributed by atoms with Crippen molar-refractivity contribution in [3.05, 3.63) is 70.5 Å². The van der Waals surface area contributed by atoms with E-state index in [1.807, 2.05) is 26.8 Å². The van der Waals surface area contributed by atoms with Crippen LogP contribution in [0.3, 0.4) is 0 Å². The molecule has 170 valence electrons. The summed E-state index contributed by atoms with van der Waals surface area (Å²) in [5.41, 5.74) is 2.42. The Kier molecular flexibility index (Phi) is 5.80. The van der Waals surface area contributed by atoms with E-state index < -0.39 is 23.4 Å². The predicted octanol–water partition coefficient (Wildman–Crippen LogP) is 4.54. The first kappa shape index (κ1) is 22.3.